The van der Waals surface area contributed by atoms with Crippen molar-refractivity contribution < 1.29 is 10.0 Å². The van der Waals surface area contributed by atoms with Crippen molar-refractivity contribution in [2.24, 2.45) is 0 Å². The van der Waals surface area contributed by atoms with Crippen molar-refractivity contribution >= 4 is 17.3 Å². The number of benzene rings is 2. The molecule has 146 valence electrons. The van der Waals surface area contributed by atoms with Gasteiger partial charge in [-0.25, -0.2) is 0 Å². The topological polar surface area (TPSA) is 87.2 Å². The molecule has 0 aliphatic carbocycles. The van der Waals surface area contributed by atoms with Gasteiger partial charge in [-0.05, 0) is 52.3 Å². The fraction of sp³-hybridized carbons (Fsp3) is 0.348. The number of phenols is 1. The van der Waals surface area contributed by atoms with Crippen LogP contribution in [0, 0.1) is 21.4 Å². The smallest absolute Gasteiger partial charge is 0.269 e. The van der Waals surface area contributed by atoms with Crippen molar-refractivity contribution in [2.45, 2.75) is 52.4 Å². The van der Waals surface area contributed by atoms with Crippen molar-refractivity contribution in [1.82, 2.24) is 0 Å². The van der Waals surface area contributed by atoms with Gasteiger partial charge in [-0.15, -0.1) is 0 Å². The van der Waals surface area contributed by atoms with E-state index in [1.165, 1.54) is 12.1 Å². The summed E-state index contributed by atoms with van der Waals surface area (Å²) in [7, 11) is 0. The molecule has 0 aliphatic heterocycles. The summed E-state index contributed by atoms with van der Waals surface area (Å²) in [5, 5.41) is 31.3. The summed E-state index contributed by atoms with van der Waals surface area (Å²) in [6, 6.07) is 11.9. The normalized spacial score (nSPS) is 12.5. The lowest BCUT2D eigenvalue weighted by atomic mass is 9.78. The van der Waals surface area contributed by atoms with E-state index in [-0.39, 0.29) is 22.3 Å². The van der Waals surface area contributed by atoms with Gasteiger partial charge in [0.05, 0.1) is 16.6 Å². The minimum Gasteiger partial charge on any atom is -0.507 e. The standard InChI is InChI=1S/C23H26N2O3/c1-22(2,3)19-12-15(13-20(21(19)26)23(4,5)6)11-17(14-24)16-7-9-18(10-8-16)25(27)28/h7-13,26H,1-6H3. The lowest BCUT2D eigenvalue weighted by Gasteiger charge is -2.28. The van der Waals surface area contributed by atoms with Gasteiger partial charge in [0, 0.05) is 23.3 Å². The Kier molecular flexibility index (Phi) is 5.65. The Morgan fingerprint density at radius 3 is 1.86 bits per heavy atom. The highest BCUT2D eigenvalue weighted by Gasteiger charge is 2.26. The fourth-order valence-electron chi connectivity index (χ4n) is 2.99. The van der Waals surface area contributed by atoms with Crippen LogP contribution >= 0.6 is 0 Å². The number of non-ortho nitro benzene ring substituents is 1. The number of nitrogens with zero attached hydrogens (tertiary/aromatic N) is 2. The maximum Gasteiger partial charge on any atom is 0.269 e. The number of nitro benzene ring substituents is 1. The molecule has 2 aromatic carbocycles. The van der Waals surface area contributed by atoms with Crippen LogP contribution in [0.3, 0.4) is 0 Å². The van der Waals surface area contributed by atoms with Gasteiger partial charge in [-0.1, -0.05) is 41.5 Å². The largest absolute Gasteiger partial charge is 0.507 e. The van der Waals surface area contributed by atoms with Gasteiger partial charge in [0.25, 0.3) is 5.69 Å². The fourth-order valence-corrected chi connectivity index (χ4v) is 2.99. The Morgan fingerprint density at radius 2 is 1.50 bits per heavy atom. The van der Waals surface area contributed by atoms with Gasteiger partial charge in [0.1, 0.15) is 5.75 Å². The van der Waals surface area contributed by atoms with E-state index in [0.29, 0.717) is 11.1 Å². The lowest BCUT2D eigenvalue weighted by molar-refractivity contribution is -0.384. The zero-order chi connectivity index (χ0) is 21.3. The Morgan fingerprint density at radius 1 is 1.04 bits per heavy atom. The Hall–Kier alpha value is -3.13. The third-order valence-electron chi connectivity index (χ3n) is 4.57. The number of phenolic OH excluding ortho intramolecular Hbond substituents is 1. The molecule has 0 aromatic heterocycles. The minimum atomic E-state index is -0.468. The molecule has 5 heteroatoms. The molecule has 0 saturated heterocycles. The summed E-state index contributed by atoms with van der Waals surface area (Å²) < 4.78 is 0. The van der Waals surface area contributed by atoms with E-state index < -0.39 is 4.92 Å². The zero-order valence-corrected chi connectivity index (χ0v) is 17.2. The van der Waals surface area contributed by atoms with E-state index in [1.54, 1.807) is 18.2 Å². The molecule has 0 fully saturated rings. The van der Waals surface area contributed by atoms with Crippen molar-refractivity contribution in [1.29, 1.82) is 5.26 Å². The first-order chi connectivity index (χ1) is 12.8. The van der Waals surface area contributed by atoms with Crippen LogP contribution in [-0.4, -0.2) is 10.0 Å². The van der Waals surface area contributed by atoms with Crippen LogP contribution in [0.15, 0.2) is 36.4 Å². The van der Waals surface area contributed by atoms with Crippen LogP contribution in [-0.2, 0) is 10.8 Å². The number of hydrogen-bond acceptors (Lipinski definition) is 4. The molecule has 28 heavy (non-hydrogen) atoms. The van der Waals surface area contributed by atoms with Gasteiger partial charge in [0.15, 0.2) is 0 Å². The highest BCUT2D eigenvalue weighted by atomic mass is 16.6. The first-order valence-corrected chi connectivity index (χ1v) is 9.09. The molecule has 2 aromatic rings. The third kappa shape index (κ3) is 4.58. The second-order valence-electron chi connectivity index (χ2n) is 8.94. The van der Waals surface area contributed by atoms with Gasteiger partial charge in [0.2, 0.25) is 0 Å². The molecule has 0 aliphatic rings. The van der Waals surface area contributed by atoms with Crippen molar-refractivity contribution in [3.8, 4) is 11.8 Å². The van der Waals surface area contributed by atoms with Crippen molar-refractivity contribution in [3.63, 3.8) is 0 Å². The summed E-state index contributed by atoms with van der Waals surface area (Å²) in [6.45, 7) is 12.2. The summed E-state index contributed by atoms with van der Waals surface area (Å²) in [5.41, 5.74) is 2.89. The van der Waals surface area contributed by atoms with Crippen LogP contribution in [0.1, 0.15) is 63.8 Å². The number of allylic oxidation sites excluding steroid dienone is 1. The van der Waals surface area contributed by atoms with Crippen LogP contribution < -0.4 is 0 Å². The molecule has 0 amide bonds. The molecule has 0 bridgehead atoms. The van der Waals surface area contributed by atoms with Crippen molar-refractivity contribution in [2.75, 3.05) is 0 Å². The number of rotatable bonds is 3. The first kappa shape index (κ1) is 21.2. The van der Waals surface area contributed by atoms with Gasteiger partial charge >= 0.3 is 0 Å². The average molecular weight is 378 g/mol. The number of aromatic hydroxyl groups is 1. The predicted molar refractivity (Wildman–Crippen MR) is 112 cm³/mol. The maximum absolute atomic E-state index is 10.8. The predicted octanol–water partition coefficient (Wildman–Crippen LogP) is 5.96. The summed E-state index contributed by atoms with van der Waals surface area (Å²) in [4.78, 5) is 10.4. The number of hydrogen-bond donors (Lipinski definition) is 1. The second-order valence-corrected chi connectivity index (χ2v) is 8.94. The molecule has 0 heterocycles. The van der Waals surface area contributed by atoms with Gasteiger partial charge in [-0.2, -0.15) is 5.26 Å². The average Bonchev–Trinajstić information content (AvgIpc) is 2.58. The Balaban J connectivity index is 2.65. The minimum absolute atomic E-state index is 0.0179. The summed E-state index contributed by atoms with van der Waals surface area (Å²) in [5.74, 6) is 0.283. The van der Waals surface area contributed by atoms with Gasteiger partial charge < -0.3 is 5.11 Å². The summed E-state index contributed by atoms with van der Waals surface area (Å²) >= 11 is 0. The third-order valence-corrected chi connectivity index (χ3v) is 4.57. The quantitative estimate of drug-likeness (QED) is 0.309. The molecule has 0 radical (unpaired) electrons. The van der Waals surface area contributed by atoms with Crippen LogP contribution in [0.5, 0.6) is 5.75 Å². The van der Waals surface area contributed by atoms with Crippen molar-refractivity contribution in [3.05, 3.63) is 68.8 Å². The first-order valence-electron chi connectivity index (χ1n) is 9.09. The van der Waals surface area contributed by atoms with E-state index in [2.05, 4.69) is 6.07 Å². The zero-order valence-electron chi connectivity index (χ0n) is 17.2. The maximum atomic E-state index is 10.8. The number of nitriles is 1. The van der Waals surface area contributed by atoms with E-state index >= 15 is 0 Å². The molecule has 0 saturated carbocycles. The monoisotopic (exact) mass is 378 g/mol. The van der Waals surface area contributed by atoms with Crippen LogP contribution in [0.2, 0.25) is 0 Å². The van der Waals surface area contributed by atoms with E-state index in [1.807, 2.05) is 53.7 Å². The second kappa shape index (κ2) is 7.47. The van der Waals surface area contributed by atoms with E-state index in [9.17, 15) is 20.5 Å². The van der Waals surface area contributed by atoms with E-state index in [0.717, 1.165) is 16.7 Å². The molecule has 1 N–H and O–H groups in total. The van der Waals surface area contributed by atoms with Crippen LogP contribution in [0.4, 0.5) is 5.69 Å². The molecule has 0 unspecified atom stereocenters. The van der Waals surface area contributed by atoms with E-state index in [4.69, 9.17) is 0 Å². The molecule has 0 atom stereocenters. The SMILES string of the molecule is CC(C)(C)c1cc(C=C(C#N)c2ccc([N+](=O)[O-])cc2)cc(C(C)(C)C)c1O. The Bertz CT molecular complexity index is 932. The molecular weight excluding hydrogens is 352 g/mol. The molecule has 5 nitrogen and oxygen atoms in total. The molecule has 0 spiro atoms. The highest BCUT2D eigenvalue weighted by molar-refractivity contribution is 5.90. The number of nitro groups is 1. The summed E-state index contributed by atoms with van der Waals surface area (Å²) in [6.07, 6.45) is 1.76. The molecule has 2 rings (SSSR count). The highest BCUT2D eigenvalue weighted by Crippen LogP contribution is 2.40. The lowest BCUT2D eigenvalue weighted by Crippen LogP contribution is -2.17. The molecular formula is C23H26N2O3. The Labute approximate surface area is 166 Å². The van der Waals surface area contributed by atoms with Gasteiger partial charge in [-0.3, -0.25) is 10.1 Å². The van der Waals surface area contributed by atoms with Crippen LogP contribution in [0.25, 0.3) is 11.6 Å².